The van der Waals surface area contributed by atoms with Gasteiger partial charge in [0.2, 0.25) is 0 Å². The predicted molar refractivity (Wildman–Crippen MR) is 88.1 cm³/mol. The van der Waals surface area contributed by atoms with Gasteiger partial charge in [-0.05, 0) is 19.4 Å². The monoisotopic (exact) mass is 307 g/mol. The van der Waals surface area contributed by atoms with Gasteiger partial charge >= 0.3 is 5.70 Å². The van der Waals surface area contributed by atoms with Gasteiger partial charge in [0, 0.05) is 28.5 Å². The van der Waals surface area contributed by atoms with Crippen molar-refractivity contribution in [2.24, 2.45) is 0 Å². The van der Waals surface area contributed by atoms with Gasteiger partial charge in [-0.25, -0.2) is 0 Å². The van der Waals surface area contributed by atoms with Crippen molar-refractivity contribution in [1.29, 1.82) is 0 Å². The maximum Gasteiger partial charge on any atom is 0.310 e. The van der Waals surface area contributed by atoms with Crippen LogP contribution in [0.5, 0.6) is 0 Å². The maximum atomic E-state index is 10.6. The van der Waals surface area contributed by atoms with E-state index in [1.807, 2.05) is 27.7 Å². The van der Waals surface area contributed by atoms with Crippen LogP contribution in [0.2, 0.25) is 0 Å². The van der Waals surface area contributed by atoms with Gasteiger partial charge in [0.05, 0.1) is 12.0 Å². The van der Waals surface area contributed by atoms with Crippen LogP contribution in [-0.2, 0) is 27.1 Å². The third kappa shape index (κ3) is 14.8. The Balaban J connectivity index is -0.000000163. The van der Waals surface area contributed by atoms with Crippen molar-refractivity contribution in [3.8, 4) is 0 Å². The zero-order valence-electron chi connectivity index (χ0n) is 12.9. The molecule has 0 saturated heterocycles. The van der Waals surface area contributed by atoms with Crippen molar-refractivity contribution >= 4 is 22.4 Å². The van der Waals surface area contributed by atoms with E-state index in [1.54, 1.807) is 19.9 Å². The highest BCUT2D eigenvalue weighted by atomic mass is 32.8. The van der Waals surface area contributed by atoms with E-state index in [1.165, 1.54) is 13.2 Å². The van der Waals surface area contributed by atoms with Crippen LogP contribution in [0.25, 0.3) is 0 Å². The first kappa shape index (κ1) is 26.4. The topological polar surface area (TPSA) is 52.4 Å². The van der Waals surface area contributed by atoms with Gasteiger partial charge in [-0.2, -0.15) is 0 Å². The summed E-state index contributed by atoms with van der Waals surface area (Å²) in [5.41, 5.74) is 0.463. The molecule has 0 heterocycles. The minimum Gasteiger partial charge on any atom is -0.490 e. The Hall–Kier alpha value is -1.14. The van der Waals surface area contributed by atoms with Gasteiger partial charge in [0.25, 0.3) is 0 Å². The Kier molecular flexibility index (Phi) is 30.7. The van der Waals surface area contributed by atoms with Crippen LogP contribution in [-0.4, -0.2) is 12.0 Å². The minimum absolute atomic E-state index is 0.0718. The fraction of sp³-hybridized carbons (Fsp3) is 0.538. The van der Waals surface area contributed by atoms with E-state index in [0.717, 1.165) is 0 Å². The zero-order valence-corrected chi connectivity index (χ0v) is 14.5. The molecule has 0 saturated carbocycles. The van der Waals surface area contributed by atoms with Crippen LogP contribution in [0.15, 0.2) is 35.8 Å². The Morgan fingerprint density at radius 2 is 1.63 bits per heavy atom. The lowest BCUT2D eigenvalue weighted by atomic mass is 10.2. The lowest BCUT2D eigenvalue weighted by molar-refractivity contribution is -0.421. The van der Waals surface area contributed by atoms with Gasteiger partial charge < -0.3 is 4.74 Å². The summed E-state index contributed by atoms with van der Waals surface area (Å²) in [6.45, 7) is 15.0. The highest BCUT2D eigenvalue weighted by molar-refractivity contribution is 8.07. The maximum absolute atomic E-state index is 10.6. The normalized spacial score (nSPS) is 9.42. The summed E-state index contributed by atoms with van der Waals surface area (Å²) in [5.74, 6) is 0.211. The Morgan fingerprint density at radius 1 is 1.26 bits per heavy atom. The first-order chi connectivity index (χ1) is 9.04. The van der Waals surface area contributed by atoms with Gasteiger partial charge in [-0.1, -0.05) is 40.3 Å². The second-order valence-corrected chi connectivity index (χ2v) is 2.46. The first-order valence-electron chi connectivity index (χ1n) is 5.92. The Bertz CT molecular complexity index is 300. The molecule has 0 bridgehead atoms. The molecule has 0 fully saturated rings. The molecular weight excluding hydrogens is 282 g/mol. The molecule has 0 aliphatic rings. The summed E-state index contributed by atoms with van der Waals surface area (Å²) in [6.07, 6.45) is 2.97. The van der Waals surface area contributed by atoms with Crippen LogP contribution in [0, 0.1) is 10.1 Å². The average Bonchev–Trinajstić information content (AvgIpc) is 2.45. The van der Waals surface area contributed by atoms with Gasteiger partial charge in [-0.3, -0.25) is 10.1 Å². The van der Waals surface area contributed by atoms with E-state index in [4.69, 9.17) is 4.74 Å². The van der Waals surface area contributed by atoms with E-state index in [9.17, 15) is 10.1 Å². The SMILES string of the molecule is C=C(C)/C(OC)=C(\C=C/C)[N+](=O)[O-].CC.CC.S=S. The lowest BCUT2D eigenvalue weighted by Crippen LogP contribution is -2.03. The van der Waals surface area contributed by atoms with Crippen molar-refractivity contribution in [3.05, 3.63) is 45.9 Å². The summed E-state index contributed by atoms with van der Waals surface area (Å²) >= 11 is 7.33. The number of allylic oxidation sites excluding steroid dienone is 3. The molecule has 0 spiro atoms. The van der Waals surface area contributed by atoms with Crippen LogP contribution in [0.3, 0.4) is 0 Å². The van der Waals surface area contributed by atoms with E-state index >= 15 is 0 Å². The van der Waals surface area contributed by atoms with Crippen LogP contribution >= 0.6 is 0 Å². The summed E-state index contributed by atoms with van der Waals surface area (Å²) in [4.78, 5) is 10.1. The molecule has 0 unspecified atom stereocenters. The Morgan fingerprint density at radius 3 is 1.79 bits per heavy atom. The quantitative estimate of drug-likeness (QED) is 0.335. The van der Waals surface area contributed by atoms with E-state index in [2.05, 4.69) is 29.0 Å². The van der Waals surface area contributed by atoms with Crippen molar-refractivity contribution in [2.45, 2.75) is 41.5 Å². The van der Waals surface area contributed by atoms with Crippen molar-refractivity contribution in [3.63, 3.8) is 0 Å². The molecule has 0 aromatic rings. The number of nitro groups is 1. The number of hydrogen-bond donors (Lipinski definition) is 0. The number of rotatable bonds is 4. The molecule has 6 heteroatoms. The predicted octanol–water partition coefficient (Wildman–Crippen LogP) is 4.32. The molecule has 19 heavy (non-hydrogen) atoms. The Labute approximate surface area is 127 Å². The van der Waals surface area contributed by atoms with Gasteiger partial charge in [0.15, 0.2) is 5.76 Å². The number of nitrogens with zero attached hydrogens (tertiary/aromatic N) is 1. The average molecular weight is 307 g/mol. The summed E-state index contributed by atoms with van der Waals surface area (Å²) in [6, 6.07) is 0. The summed E-state index contributed by atoms with van der Waals surface area (Å²) in [7, 11) is 1.39. The molecule has 0 aromatic heterocycles. The van der Waals surface area contributed by atoms with Crippen LogP contribution < -0.4 is 0 Å². The summed E-state index contributed by atoms with van der Waals surface area (Å²) in [5, 5.41) is 10.6. The number of methoxy groups -OCH3 is 1. The smallest absolute Gasteiger partial charge is 0.310 e. The fourth-order valence-electron chi connectivity index (χ4n) is 0.875. The minimum atomic E-state index is -0.493. The lowest BCUT2D eigenvalue weighted by Gasteiger charge is -2.04. The van der Waals surface area contributed by atoms with Crippen LogP contribution in [0.1, 0.15) is 41.5 Å². The fourth-order valence-corrected chi connectivity index (χ4v) is 0.875. The second kappa shape index (κ2) is 22.1. The van der Waals surface area contributed by atoms with Crippen molar-refractivity contribution in [2.75, 3.05) is 7.11 Å². The van der Waals surface area contributed by atoms with E-state index in [-0.39, 0.29) is 11.5 Å². The first-order valence-corrected chi connectivity index (χ1v) is 7.25. The highest BCUT2D eigenvalue weighted by Gasteiger charge is 2.16. The third-order valence-electron chi connectivity index (χ3n) is 1.35. The molecule has 0 aliphatic carbocycles. The van der Waals surface area contributed by atoms with Crippen molar-refractivity contribution < 1.29 is 9.66 Å². The third-order valence-corrected chi connectivity index (χ3v) is 1.35. The highest BCUT2D eigenvalue weighted by Crippen LogP contribution is 2.15. The molecular formula is C13H25NO3S2. The molecule has 0 aliphatic heterocycles. The van der Waals surface area contributed by atoms with E-state index in [0.29, 0.717) is 5.57 Å². The largest absolute Gasteiger partial charge is 0.490 e. The molecule has 0 rings (SSSR count). The van der Waals surface area contributed by atoms with Crippen LogP contribution in [0.4, 0.5) is 0 Å². The summed E-state index contributed by atoms with van der Waals surface area (Å²) < 4.78 is 4.87. The second-order valence-electron chi connectivity index (χ2n) is 2.46. The van der Waals surface area contributed by atoms with E-state index < -0.39 is 4.92 Å². The number of ether oxygens (including phenoxy) is 1. The molecule has 0 amide bonds. The standard InChI is InChI=1S/C9H13NO3.2C2H6.S2/c1-5-6-8(10(11)12)9(13-4)7(2)3;3*1-2/h5-6H,2H2,1,3-4H3;2*1-2H3;/b6-5-,9-8-;;;. The van der Waals surface area contributed by atoms with Gasteiger partial charge in [-0.15, -0.1) is 0 Å². The zero-order chi connectivity index (χ0) is 16.4. The molecule has 0 N–H and O–H groups in total. The molecule has 0 radical (unpaired) electrons. The molecule has 112 valence electrons. The van der Waals surface area contributed by atoms with Gasteiger partial charge in [0.1, 0.15) is 0 Å². The molecule has 4 nitrogen and oxygen atoms in total. The molecule has 0 aromatic carbocycles. The van der Waals surface area contributed by atoms with Crippen molar-refractivity contribution in [1.82, 2.24) is 0 Å². The number of hydrogen-bond acceptors (Lipinski definition) is 5. The molecule has 0 atom stereocenters.